The predicted octanol–water partition coefficient (Wildman–Crippen LogP) is 0.458. The van der Waals surface area contributed by atoms with E-state index >= 15 is 0 Å². The van der Waals surface area contributed by atoms with Gasteiger partial charge in [0.05, 0.1) is 18.9 Å². The van der Waals surface area contributed by atoms with Gasteiger partial charge in [0.1, 0.15) is 0 Å². The first-order chi connectivity index (χ1) is 5.79. The van der Waals surface area contributed by atoms with Gasteiger partial charge in [-0.3, -0.25) is 4.98 Å². The zero-order valence-electron chi connectivity index (χ0n) is 7.07. The van der Waals surface area contributed by atoms with Crippen LogP contribution in [0.2, 0.25) is 0 Å². The Labute approximate surface area is 71.7 Å². The van der Waals surface area contributed by atoms with Crippen LogP contribution in [0.25, 0.3) is 0 Å². The van der Waals surface area contributed by atoms with Gasteiger partial charge in [0.25, 0.3) is 0 Å². The highest BCUT2D eigenvalue weighted by Gasteiger charge is 2.11. The first kappa shape index (κ1) is 9.16. The lowest BCUT2D eigenvalue weighted by molar-refractivity contribution is 0.190. The van der Waals surface area contributed by atoms with Crippen LogP contribution in [0, 0.1) is 6.92 Å². The Morgan fingerprint density at radius 1 is 1.42 bits per heavy atom. The van der Waals surface area contributed by atoms with Crippen molar-refractivity contribution in [2.75, 3.05) is 13.2 Å². The van der Waals surface area contributed by atoms with Crippen molar-refractivity contribution >= 4 is 0 Å². The number of rotatable bonds is 3. The highest BCUT2D eigenvalue weighted by molar-refractivity contribution is 5.21. The zero-order valence-corrected chi connectivity index (χ0v) is 7.07. The van der Waals surface area contributed by atoms with Gasteiger partial charge < -0.3 is 10.2 Å². The summed E-state index contributed by atoms with van der Waals surface area (Å²) >= 11 is 0. The maximum atomic E-state index is 8.90. The second kappa shape index (κ2) is 4.18. The summed E-state index contributed by atoms with van der Waals surface area (Å²) in [7, 11) is 0. The van der Waals surface area contributed by atoms with Crippen LogP contribution in [0.4, 0.5) is 0 Å². The van der Waals surface area contributed by atoms with Crippen LogP contribution in [0.15, 0.2) is 18.3 Å². The molecular formula is C9H13NO2. The Balaban J connectivity index is 2.92. The van der Waals surface area contributed by atoms with Gasteiger partial charge in [-0.05, 0) is 18.6 Å². The molecule has 0 unspecified atom stereocenters. The second-order valence-corrected chi connectivity index (χ2v) is 2.77. The molecule has 0 spiro atoms. The van der Waals surface area contributed by atoms with Gasteiger partial charge in [-0.2, -0.15) is 0 Å². The average Bonchev–Trinajstić information content (AvgIpc) is 2.10. The highest BCUT2D eigenvalue weighted by Crippen LogP contribution is 2.15. The summed E-state index contributed by atoms with van der Waals surface area (Å²) < 4.78 is 0. The van der Waals surface area contributed by atoms with Gasteiger partial charge in [-0.1, -0.05) is 6.07 Å². The van der Waals surface area contributed by atoms with E-state index in [9.17, 15) is 0 Å². The third kappa shape index (κ3) is 1.81. The minimum Gasteiger partial charge on any atom is -0.396 e. The molecule has 0 aliphatic rings. The maximum Gasteiger partial charge on any atom is 0.0537 e. The van der Waals surface area contributed by atoms with E-state index in [0.29, 0.717) is 0 Å². The Kier molecular flexibility index (Phi) is 3.19. The summed E-state index contributed by atoms with van der Waals surface area (Å²) in [5.74, 6) is -0.244. The molecule has 0 aromatic carbocycles. The average molecular weight is 167 g/mol. The van der Waals surface area contributed by atoms with Crippen LogP contribution < -0.4 is 0 Å². The highest BCUT2D eigenvalue weighted by atomic mass is 16.3. The first-order valence-corrected chi connectivity index (χ1v) is 3.92. The molecule has 1 aromatic heterocycles. The third-order valence-corrected chi connectivity index (χ3v) is 1.88. The van der Waals surface area contributed by atoms with Crippen molar-refractivity contribution in [2.45, 2.75) is 12.8 Å². The molecule has 0 atom stereocenters. The van der Waals surface area contributed by atoms with Crippen LogP contribution in [-0.2, 0) is 0 Å². The normalized spacial score (nSPS) is 10.7. The fourth-order valence-electron chi connectivity index (χ4n) is 1.16. The van der Waals surface area contributed by atoms with E-state index in [2.05, 4.69) is 4.98 Å². The minimum atomic E-state index is -0.244. The van der Waals surface area contributed by atoms with Gasteiger partial charge in [-0.15, -0.1) is 0 Å². The molecule has 1 aromatic rings. The Morgan fingerprint density at radius 2 is 2.08 bits per heavy atom. The van der Waals surface area contributed by atoms with Crippen LogP contribution in [0.1, 0.15) is 17.2 Å². The van der Waals surface area contributed by atoms with Crippen LogP contribution in [0.5, 0.6) is 0 Å². The number of aromatic nitrogens is 1. The lowest BCUT2D eigenvalue weighted by atomic mass is 10.0. The molecule has 2 N–H and O–H groups in total. The molecule has 0 fully saturated rings. The molecule has 1 heterocycles. The molecule has 3 heteroatoms. The number of pyridine rings is 1. The van der Waals surface area contributed by atoms with Crippen molar-refractivity contribution in [3.05, 3.63) is 29.6 Å². The van der Waals surface area contributed by atoms with E-state index in [1.54, 1.807) is 6.20 Å². The molecule has 12 heavy (non-hydrogen) atoms. The Morgan fingerprint density at radius 3 is 2.58 bits per heavy atom. The molecule has 0 aliphatic heterocycles. The molecule has 0 radical (unpaired) electrons. The first-order valence-electron chi connectivity index (χ1n) is 3.92. The predicted molar refractivity (Wildman–Crippen MR) is 45.9 cm³/mol. The van der Waals surface area contributed by atoms with Crippen LogP contribution >= 0.6 is 0 Å². The van der Waals surface area contributed by atoms with E-state index in [1.807, 2.05) is 19.1 Å². The SMILES string of the molecule is Cc1cccnc1C(CO)CO. The van der Waals surface area contributed by atoms with E-state index in [4.69, 9.17) is 10.2 Å². The largest absolute Gasteiger partial charge is 0.396 e. The molecule has 0 saturated heterocycles. The summed E-state index contributed by atoms with van der Waals surface area (Å²) in [6, 6.07) is 3.76. The van der Waals surface area contributed by atoms with Crippen molar-refractivity contribution in [1.29, 1.82) is 0 Å². The lowest BCUT2D eigenvalue weighted by Crippen LogP contribution is -2.11. The van der Waals surface area contributed by atoms with Gasteiger partial charge in [-0.25, -0.2) is 0 Å². The number of aryl methyl sites for hydroxylation is 1. The standard InChI is InChI=1S/C9H13NO2/c1-7-3-2-4-10-9(7)8(5-11)6-12/h2-4,8,11-12H,5-6H2,1H3. The summed E-state index contributed by atoms with van der Waals surface area (Å²) in [6.07, 6.45) is 1.67. The van der Waals surface area contributed by atoms with Crippen LogP contribution in [0.3, 0.4) is 0 Å². The quantitative estimate of drug-likeness (QED) is 0.687. The molecule has 0 bridgehead atoms. The fourth-order valence-corrected chi connectivity index (χ4v) is 1.16. The molecule has 1 rings (SSSR count). The summed E-state index contributed by atoms with van der Waals surface area (Å²) in [6.45, 7) is 1.80. The molecule has 0 saturated carbocycles. The number of aliphatic hydroxyl groups excluding tert-OH is 2. The summed E-state index contributed by atoms with van der Waals surface area (Å²) in [5.41, 5.74) is 1.79. The van der Waals surface area contributed by atoms with Crippen molar-refractivity contribution in [3.8, 4) is 0 Å². The molecule has 3 nitrogen and oxygen atoms in total. The zero-order chi connectivity index (χ0) is 8.97. The number of aliphatic hydroxyl groups is 2. The van der Waals surface area contributed by atoms with E-state index in [-0.39, 0.29) is 19.1 Å². The van der Waals surface area contributed by atoms with E-state index in [1.165, 1.54) is 0 Å². The monoisotopic (exact) mass is 167 g/mol. The fraction of sp³-hybridized carbons (Fsp3) is 0.444. The van der Waals surface area contributed by atoms with Gasteiger partial charge in [0.2, 0.25) is 0 Å². The number of hydrogen-bond donors (Lipinski definition) is 2. The second-order valence-electron chi connectivity index (χ2n) is 2.77. The number of nitrogens with zero attached hydrogens (tertiary/aromatic N) is 1. The summed E-state index contributed by atoms with van der Waals surface area (Å²) in [5, 5.41) is 17.8. The van der Waals surface area contributed by atoms with E-state index in [0.717, 1.165) is 11.3 Å². The van der Waals surface area contributed by atoms with Crippen LogP contribution in [-0.4, -0.2) is 28.4 Å². The van der Waals surface area contributed by atoms with Crippen molar-refractivity contribution in [1.82, 2.24) is 4.98 Å². The van der Waals surface area contributed by atoms with Gasteiger partial charge in [0, 0.05) is 12.1 Å². The smallest absolute Gasteiger partial charge is 0.0537 e. The molecule has 66 valence electrons. The van der Waals surface area contributed by atoms with Crippen molar-refractivity contribution in [3.63, 3.8) is 0 Å². The summed E-state index contributed by atoms with van der Waals surface area (Å²) in [4.78, 5) is 4.10. The van der Waals surface area contributed by atoms with Crippen molar-refractivity contribution in [2.24, 2.45) is 0 Å². The van der Waals surface area contributed by atoms with E-state index < -0.39 is 0 Å². The minimum absolute atomic E-state index is 0.0612. The maximum absolute atomic E-state index is 8.90. The molecule has 0 aliphatic carbocycles. The number of hydrogen-bond acceptors (Lipinski definition) is 3. The third-order valence-electron chi connectivity index (χ3n) is 1.88. The topological polar surface area (TPSA) is 53.4 Å². The Bertz CT molecular complexity index is 246. The van der Waals surface area contributed by atoms with Crippen molar-refractivity contribution < 1.29 is 10.2 Å². The molecule has 0 amide bonds. The lowest BCUT2D eigenvalue weighted by Gasteiger charge is -2.11. The van der Waals surface area contributed by atoms with Gasteiger partial charge in [0.15, 0.2) is 0 Å². The molecular weight excluding hydrogens is 154 g/mol. The Hall–Kier alpha value is -0.930. The van der Waals surface area contributed by atoms with Gasteiger partial charge >= 0.3 is 0 Å².